The average Bonchev–Trinajstić information content (AvgIpc) is 3.27. The molecule has 1 amide bonds. The molecule has 0 N–H and O–H groups in total. The summed E-state index contributed by atoms with van der Waals surface area (Å²) in [7, 11) is 3.39. The Morgan fingerprint density at radius 1 is 0.952 bits per heavy atom. The van der Waals surface area contributed by atoms with Crippen molar-refractivity contribution >= 4 is 17.1 Å². The zero-order chi connectivity index (χ0) is 30.0. The van der Waals surface area contributed by atoms with Crippen LogP contribution in [0, 0.1) is 18.3 Å². The van der Waals surface area contributed by atoms with Crippen molar-refractivity contribution in [1.82, 2.24) is 24.4 Å². The van der Waals surface area contributed by atoms with E-state index >= 15 is 0 Å². The highest BCUT2D eigenvalue weighted by molar-refractivity contribution is 5.94. The number of rotatable bonds is 7. The number of amides is 1. The Kier molecular flexibility index (Phi) is 7.64. The summed E-state index contributed by atoms with van der Waals surface area (Å²) in [6, 6.07) is 24.5. The summed E-state index contributed by atoms with van der Waals surface area (Å²) in [6.07, 6.45) is 0. The molecular weight excluding hydrogens is 528 g/mol. The lowest BCUT2D eigenvalue weighted by Crippen LogP contribution is -2.21. The lowest BCUT2D eigenvalue weighted by molar-refractivity contribution is 0.0827. The fourth-order valence-electron chi connectivity index (χ4n) is 4.59. The molecule has 0 aliphatic heterocycles. The van der Waals surface area contributed by atoms with E-state index in [2.05, 4.69) is 31.8 Å². The van der Waals surface area contributed by atoms with Crippen LogP contribution in [0.15, 0.2) is 72.8 Å². The van der Waals surface area contributed by atoms with Gasteiger partial charge in [-0.2, -0.15) is 15.2 Å². The molecule has 0 atom stereocenters. The van der Waals surface area contributed by atoms with Gasteiger partial charge in [-0.15, -0.1) is 0 Å². The van der Waals surface area contributed by atoms with E-state index in [1.54, 1.807) is 50.5 Å². The summed E-state index contributed by atoms with van der Waals surface area (Å²) in [4.78, 5) is 28.3. The normalized spacial score (nSPS) is 11.3. The summed E-state index contributed by atoms with van der Waals surface area (Å²) >= 11 is 0. The molecule has 0 spiro atoms. The van der Waals surface area contributed by atoms with Crippen molar-refractivity contribution in [3.05, 3.63) is 101 Å². The summed E-state index contributed by atoms with van der Waals surface area (Å²) in [5, 5.41) is 9.55. The van der Waals surface area contributed by atoms with Crippen molar-refractivity contribution in [3.63, 3.8) is 0 Å². The van der Waals surface area contributed by atoms with E-state index in [4.69, 9.17) is 19.4 Å². The van der Waals surface area contributed by atoms with Crippen LogP contribution in [0.2, 0.25) is 0 Å². The molecule has 0 radical (unpaired) electrons. The van der Waals surface area contributed by atoms with Crippen LogP contribution in [0.25, 0.3) is 11.2 Å². The summed E-state index contributed by atoms with van der Waals surface area (Å²) in [5.74, 6) is 1.67. The SMILES string of the molecule is Cc1nc2c(Oc3cccc(C(=O)N(C)C)c3)nc(Oc3cc(C#N)ccc3C(C)(C)C)nc2n1Cc1ccccc1. The van der Waals surface area contributed by atoms with Gasteiger partial charge in [0.05, 0.1) is 18.2 Å². The average molecular weight is 561 g/mol. The molecule has 2 aromatic heterocycles. The quantitative estimate of drug-likeness (QED) is 0.220. The number of benzene rings is 3. The maximum absolute atomic E-state index is 12.6. The largest absolute Gasteiger partial charge is 0.437 e. The van der Waals surface area contributed by atoms with Crippen LogP contribution in [0.4, 0.5) is 0 Å². The number of ether oxygens (including phenoxy) is 2. The molecule has 0 fully saturated rings. The third-order valence-corrected chi connectivity index (χ3v) is 6.74. The molecule has 0 bridgehead atoms. The monoisotopic (exact) mass is 560 g/mol. The Labute approximate surface area is 245 Å². The highest BCUT2D eigenvalue weighted by atomic mass is 16.5. The van der Waals surface area contributed by atoms with Gasteiger partial charge in [0.15, 0.2) is 11.2 Å². The van der Waals surface area contributed by atoms with E-state index in [1.807, 2.05) is 47.9 Å². The van der Waals surface area contributed by atoms with Crippen molar-refractivity contribution in [1.29, 1.82) is 5.26 Å². The van der Waals surface area contributed by atoms with Gasteiger partial charge >= 0.3 is 6.01 Å². The molecule has 0 unspecified atom stereocenters. The number of nitrogens with zero attached hydrogens (tertiary/aromatic N) is 6. The Bertz CT molecular complexity index is 1810. The van der Waals surface area contributed by atoms with Gasteiger partial charge in [0, 0.05) is 25.2 Å². The van der Waals surface area contributed by atoms with Gasteiger partial charge in [0.2, 0.25) is 0 Å². The van der Waals surface area contributed by atoms with E-state index in [-0.39, 0.29) is 23.2 Å². The van der Waals surface area contributed by atoms with Crippen molar-refractivity contribution < 1.29 is 14.3 Å². The molecule has 212 valence electrons. The number of nitriles is 1. The topological polar surface area (TPSA) is 106 Å². The van der Waals surface area contributed by atoms with Gasteiger partial charge in [0.1, 0.15) is 17.3 Å². The van der Waals surface area contributed by atoms with E-state index in [9.17, 15) is 10.1 Å². The van der Waals surface area contributed by atoms with E-state index < -0.39 is 0 Å². The Balaban J connectivity index is 1.65. The fraction of sp³-hybridized carbons (Fsp3) is 0.242. The first-order valence-electron chi connectivity index (χ1n) is 13.5. The van der Waals surface area contributed by atoms with Gasteiger partial charge < -0.3 is 18.9 Å². The molecule has 9 heteroatoms. The van der Waals surface area contributed by atoms with Crippen molar-refractivity contribution in [2.24, 2.45) is 0 Å². The van der Waals surface area contributed by atoms with Gasteiger partial charge in [-0.25, -0.2) is 4.98 Å². The third-order valence-electron chi connectivity index (χ3n) is 6.74. The molecule has 0 aliphatic carbocycles. The van der Waals surface area contributed by atoms with Crippen LogP contribution in [0.1, 0.15) is 53.6 Å². The first-order valence-corrected chi connectivity index (χ1v) is 13.5. The standard InChI is InChI=1S/C33H32N6O3/c1-21-35-28-29(39(21)20-22-11-8-7-9-12-22)36-32(42-27-17-23(19-34)15-16-26(27)33(2,3)4)37-30(28)41-25-14-10-13-24(18-25)31(40)38(5)6/h7-18H,20H2,1-6H3. The van der Waals surface area contributed by atoms with E-state index in [0.29, 0.717) is 40.3 Å². The van der Waals surface area contributed by atoms with Gasteiger partial charge in [-0.05, 0) is 48.2 Å². The second-order valence-electron chi connectivity index (χ2n) is 11.2. The Morgan fingerprint density at radius 2 is 1.71 bits per heavy atom. The first-order chi connectivity index (χ1) is 20.0. The zero-order valence-electron chi connectivity index (χ0n) is 24.5. The maximum Gasteiger partial charge on any atom is 0.327 e. The third kappa shape index (κ3) is 5.93. The minimum Gasteiger partial charge on any atom is -0.437 e. The lowest BCUT2D eigenvalue weighted by Gasteiger charge is -2.22. The van der Waals surface area contributed by atoms with Crippen molar-refractivity contribution in [2.75, 3.05) is 14.1 Å². The molecule has 5 rings (SSSR count). The Hall–Kier alpha value is -5.23. The number of imidazole rings is 1. The molecular formula is C33H32N6O3. The predicted molar refractivity (Wildman–Crippen MR) is 160 cm³/mol. The van der Waals surface area contributed by atoms with Crippen LogP contribution in [-0.2, 0) is 12.0 Å². The van der Waals surface area contributed by atoms with Gasteiger partial charge in [0.25, 0.3) is 11.8 Å². The number of carbonyl (C=O) groups is 1. The summed E-state index contributed by atoms with van der Waals surface area (Å²) < 4.78 is 14.6. The van der Waals surface area contributed by atoms with Crippen molar-refractivity contribution in [3.8, 4) is 29.5 Å². The number of hydrogen-bond acceptors (Lipinski definition) is 7. The predicted octanol–water partition coefficient (Wildman–Crippen LogP) is 6.64. The second kappa shape index (κ2) is 11.3. The molecule has 42 heavy (non-hydrogen) atoms. The molecule has 5 aromatic rings. The molecule has 2 heterocycles. The number of hydrogen-bond donors (Lipinski definition) is 0. The molecule has 0 aliphatic rings. The molecule has 0 saturated carbocycles. The lowest BCUT2D eigenvalue weighted by atomic mass is 9.86. The molecule has 3 aromatic carbocycles. The van der Waals surface area contributed by atoms with Gasteiger partial charge in [-0.1, -0.05) is 63.2 Å². The Morgan fingerprint density at radius 3 is 2.40 bits per heavy atom. The van der Waals surface area contributed by atoms with Crippen LogP contribution >= 0.6 is 0 Å². The molecule has 9 nitrogen and oxygen atoms in total. The van der Waals surface area contributed by atoms with Crippen LogP contribution < -0.4 is 9.47 Å². The van der Waals surface area contributed by atoms with E-state index in [1.165, 1.54) is 4.90 Å². The smallest absolute Gasteiger partial charge is 0.327 e. The summed E-state index contributed by atoms with van der Waals surface area (Å²) in [6.45, 7) is 8.64. The minimum atomic E-state index is -0.266. The number of carbonyl (C=O) groups excluding carboxylic acids is 1. The van der Waals surface area contributed by atoms with Crippen molar-refractivity contribution in [2.45, 2.75) is 39.7 Å². The fourth-order valence-corrected chi connectivity index (χ4v) is 4.59. The number of fused-ring (bicyclic) bond motifs is 1. The van der Waals surface area contributed by atoms with Crippen LogP contribution in [-0.4, -0.2) is 44.4 Å². The number of aromatic nitrogens is 4. The maximum atomic E-state index is 12.6. The van der Waals surface area contributed by atoms with Gasteiger partial charge in [-0.3, -0.25) is 4.79 Å². The van der Waals surface area contributed by atoms with E-state index in [0.717, 1.165) is 17.0 Å². The van der Waals surface area contributed by atoms with Crippen LogP contribution in [0.5, 0.6) is 23.4 Å². The summed E-state index contributed by atoms with van der Waals surface area (Å²) in [5.41, 5.74) is 3.65. The second-order valence-corrected chi connectivity index (χ2v) is 11.2. The number of aryl methyl sites for hydroxylation is 1. The highest BCUT2D eigenvalue weighted by Gasteiger charge is 2.23. The van der Waals surface area contributed by atoms with Crippen LogP contribution in [0.3, 0.4) is 0 Å². The minimum absolute atomic E-state index is 0.0489. The first kappa shape index (κ1) is 28.3. The highest BCUT2D eigenvalue weighted by Crippen LogP contribution is 2.36. The molecule has 0 saturated heterocycles. The zero-order valence-corrected chi connectivity index (χ0v) is 24.5.